The van der Waals surface area contributed by atoms with Gasteiger partial charge in [0.25, 0.3) is 0 Å². The lowest BCUT2D eigenvalue weighted by atomic mass is 10.4. The molecule has 0 aliphatic heterocycles. The van der Waals surface area contributed by atoms with Gasteiger partial charge in [-0.25, -0.2) is 0 Å². The Balaban J connectivity index is 5.72. The molecule has 206 valence electrons. The first-order valence-corrected chi connectivity index (χ1v) is 21.3. The van der Waals surface area contributed by atoms with Gasteiger partial charge in [0.05, 0.1) is 19.3 Å². The fourth-order valence-electron chi connectivity index (χ4n) is 6.47. The fraction of sp³-hybridized carbons (Fsp3) is 1.00. The van der Waals surface area contributed by atoms with Crippen molar-refractivity contribution in [1.29, 1.82) is 0 Å². The van der Waals surface area contributed by atoms with Gasteiger partial charge in [0.1, 0.15) is 0 Å². The molecule has 0 saturated carbocycles. The maximum atomic E-state index is 7.22. The molecule has 7 heteroatoms. The van der Waals surface area contributed by atoms with Crippen LogP contribution in [0.25, 0.3) is 0 Å². The summed E-state index contributed by atoms with van der Waals surface area (Å²) in [6.07, 6.45) is 1.04. The molecule has 1 atom stereocenters. The third-order valence-corrected chi connectivity index (χ3v) is 23.1. The molecule has 0 aliphatic carbocycles. The Hall–Kier alpha value is 0.491. The fourth-order valence-corrected chi connectivity index (χ4v) is 18.7. The summed E-state index contributed by atoms with van der Waals surface area (Å²) in [5.41, 5.74) is 3.34. The zero-order chi connectivity index (χ0) is 26.9. The van der Waals surface area contributed by atoms with Crippen LogP contribution in [0.5, 0.6) is 0 Å². The van der Waals surface area contributed by atoms with E-state index >= 15 is 0 Å². The van der Waals surface area contributed by atoms with Gasteiger partial charge >= 0.3 is 0 Å². The van der Waals surface area contributed by atoms with E-state index < -0.39 is 25.0 Å². The maximum Gasteiger partial charge on any atom is 0.201 e. The quantitative estimate of drug-likeness (QED) is 0.130. The van der Waals surface area contributed by atoms with Gasteiger partial charge in [0.2, 0.25) is 8.32 Å². The van der Waals surface area contributed by atoms with Gasteiger partial charge in [-0.15, -0.1) is 0 Å². The zero-order valence-corrected chi connectivity index (χ0v) is 28.7. The van der Waals surface area contributed by atoms with E-state index in [2.05, 4.69) is 96.2 Å². The number of rotatable bonds is 18. The van der Waals surface area contributed by atoms with Crippen molar-refractivity contribution < 1.29 is 18.0 Å². The van der Waals surface area contributed by atoms with E-state index in [0.717, 1.165) is 19.1 Å². The molecule has 0 heterocycles. The molecule has 1 unspecified atom stereocenters. The highest BCUT2D eigenvalue weighted by atomic mass is 28.4. The largest absolute Gasteiger partial charge is 0.420 e. The molecule has 0 spiro atoms. The topological polar surface area (TPSA) is 36.9 Å². The van der Waals surface area contributed by atoms with Crippen LogP contribution >= 0.6 is 0 Å². The smallest absolute Gasteiger partial charge is 0.201 e. The highest BCUT2D eigenvalue weighted by molar-refractivity contribution is 6.78. The first kappa shape index (κ1) is 34.5. The van der Waals surface area contributed by atoms with Gasteiger partial charge < -0.3 is 18.0 Å². The molecule has 0 rings (SSSR count). The minimum Gasteiger partial charge on any atom is -0.420 e. The Morgan fingerprint density at radius 1 is 0.588 bits per heavy atom. The monoisotopic (exact) mass is 534 g/mol. The predicted octanol–water partition coefficient (Wildman–Crippen LogP) is 9.00. The Bertz CT molecular complexity index is 504. The van der Waals surface area contributed by atoms with Crippen LogP contribution in [-0.4, -0.2) is 58.0 Å². The van der Waals surface area contributed by atoms with E-state index in [1.807, 2.05) is 7.11 Å². The van der Waals surface area contributed by atoms with E-state index in [0.29, 0.717) is 46.5 Å². The lowest BCUT2D eigenvalue weighted by Crippen LogP contribution is -2.54. The molecular formula is C27H62O4Si3. The van der Waals surface area contributed by atoms with Crippen molar-refractivity contribution in [2.75, 3.05) is 26.9 Å². The molecule has 0 aromatic heterocycles. The molecule has 0 aliphatic rings. The van der Waals surface area contributed by atoms with Crippen LogP contribution in [0.3, 0.4) is 0 Å². The highest BCUT2D eigenvalue weighted by Crippen LogP contribution is 2.45. The summed E-state index contributed by atoms with van der Waals surface area (Å²) >= 11 is 0. The van der Waals surface area contributed by atoms with E-state index in [1.165, 1.54) is 0 Å². The Labute approximate surface area is 217 Å². The van der Waals surface area contributed by atoms with Crippen LogP contribution < -0.4 is 0 Å². The van der Waals surface area contributed by atoms with Crippen molar-refractivity contribution in [3.8, 4) is 0 Å². The Morgan fingerprint density at radius 3 is 1.35 bits per heavy atom. The molecule has 0 N–H and O–H groups in total. The van der Waals surface area contributed by atoms with Crippen molar-refractivity contribution in [3.05, 3.63) is 0 Å². The van der Waals surface area contributed by atoms with Gasteiger partial charge in [-0.3, -0.25) is 0 Å². The second kappa shape index (κ2) is 15.0. The summed E-state index contributed by atoms with van der Waals surface area (Å²) in [5.74, 6) is 0. The SMILES string of the molecule is CO[Si](C)(C)CCCOCC(CO[Si](C(C)C)(C(C)C)C(C)C)O[Si](C(C)C)(C(C)C)C(C)C. The van der Waals surface area contributed by atoms with E-state index in [4.69, 9.17) is 18.0 Å². The van der Waals surface area contributed by atoms with Crippen molar-refractivity contribution in [2.24, 2.45) is 0 Å². The minimum atomic E-state index is -2.03. The normalized spacial score (nSPS) is 15.1. The number of ether oxygens (including phenoxy) is 1. The van der Waals surface area contributed by atoms with Gasteiger partial charge in [-0.2, -0.15) is 0 Å². The molecule has 0 fully saturated rings. The average molecular weight is 535 g/mol. The summed E-state index contributed by atoms with van der Waals surface area (Å²) in [6, 6.07) is 1.12. The van der Waals surface area contributed by atoms with Gasteiger partial charge in [-0.05, 0) is 58.8 Å². The van der Waals surface area contributed by atoms with Crippen molar-refractivity contribution in [2.45, 2.75) is 148 Å². The molecule has 0 radical (unpaired) electrons. The summed E-state index contributed by atoms with van der Waals surface area (Å²) in [7, 11) is -3.69. The summed E-state index contributed by atoms with van der Waals surface area (Å²) < 4.78 is 26.2. The summed E-state index contributed by atoms with van der Waals surface area (Å²) in [4.78, 5) is 0. The lowest BCUT2D eigenvalue weighted by Gasteiger charge is -2.46. The van der Waals surface area contributed by atoms with E-state index in [-0.39, 0.29) is 6.10 Å². The van der Waals surface area contributed by atoms with E-state index in [1.54, 1.807) is 0 Å². The second-order valence-corrected chi connectivity index (χ2v) is 28.1. The zero-order valence-electron chi connectivity index (χ0n) is 25.7. The second-order valence-electron chi connectivity index (χ2n) is 12.8. The number of hydrogen-bond donors (Lipinski definition) is 0. The molecule has 34 heavy (non-hydrogen) atoms. The summed E-state index contributed by atoms with van der Waals surface area (Å²) in [5, 5.41) is 0. The Kier molecular flexibility index (Phi) is 15.3. The van der Waals surface area contributed by atoms with Crippen molar-refractivity contribution in [3.63, 3.8) is 0 Å². The van der Waals surface area contributed by atoms with Crippen LogP contribution in [0.15, 0.2) is 0 Å². The molecular weight excluding hydrogens is 473 g/mol. The molecule has 0 saturated heterocycles. The molecule has 0 bridgehead atoms. The van der Waals surface area contributed by atoms with Crippen LogP contribution in [0.4, 0.5) is 0 Å². The third-order valence-electron chi connectivity index (χ3n) is 8.23. The molecule has 0 aromatic rings. The predicted molar refractivity (Wildman–Crippen MR) is 158 cm³/mol. The standard InChI is InChI=1S/C27H62O4Si3/c1-21(2)33(22(3)4,23(5)6)30-20-27(19-29-17-16-18-32(14,15)28-13)31-34(24(7)8,25(9)10)26(11)12/h21-27H,16-20H2,1-15H3. The van der Waals surface area contributed by atoms with Crippen molar-refractivity contribution in [1.82, 2.24) is 0 Å². The highest BCUT2D eigenvalue weighted by Gasteiger charge is 2.48. The van der Waals surface area contributed by atoms with Crippen LogP contribution in [-0.2, 0) is 18.0 Å². The molecule has 0 amide bonds. The molecule has 4 nitrogen and oxygen atoms in total. The van der Waals surface area contributed by atoms with Gasteiger partial charge in [-0.1, -0.05) is 83.1 Å². The van der Waals surface area contributed by atoms with Crippen molar-refractivity contribution >= 4 is 25.0 Å². The van der Waals surface area contributed by atoms with Crippen LogP contribution in [0.2, 0.25) is 52.4 Å². The van der Waals surface area contributed by atoms with Crippen LogP contribution in [0.1, 0.15) is 89.5 Å². The Morgan fingerprint density at radius 2 is 1.00 bits per heavy atom. The first-order chi connectivity index (χ1) is 15.5. The number of hydrogen-bond acceptors (Lipinski definition) is 4. The third kappa shape index (κ3) is 9.10. The average Bonchev–Trinajstić information content (AvgIpc) is 2.69. The van der Waals surface area contributed by atoms with E-state index in [9.17, 15) is 0 Å². The van der Waals surface area contributed by atoms with Crippen LogP contribution in [0, 0.1) is 0 Å². The molecule has 0 aromatic carbocycles. The lowest BCUT2D eigenvalue weighted by molar-refractivity contribution is 0.0129. The van der Waals surface area contributed by atoms with Gasteiger partial charge in [0.15, 0.2) is 16.6 Å². The summed E-state index contributed by atoms with van der Waals surface area (Å²) in [6.45, 7) is 34.9. The maximum absolute atomic E-state index is 7.22. The minimum absolute atomic E-state index is 0.00493. The first-order valence-electron chi connectivity index (χ1n) is 14.0. The van der Waals surface area contributed by atoms with Gasteiger partial charge in [0, 0.05) is 13.7 Å².